The van der Waals surface area contributed by atoms with Crippen molar-refractivity contribution >= 4 is 27.5 Å². The van der Waals surface area contributed by atoms with Crippen molar-refractivity contribution in [3.8, 4) is 5.75 Å². The number of piperidine rings is 2. The molecule has 2 saturated heterocycles. The van der Waals surface area contributed by atoms with Crippen LogP contribution in [0.3, 0.4) is 0 Å². The first-order chi connectivity index (χ1) is 12.7. The molecule has 0 spiro atoms. The third-order valence-electron chi connectivity index (χ3n) is 5.61. The minimum Gasteiger partial charge on any atom is -0.497 e. The highest BCUT2D eigenvalue weighted by Crippen LogP contribution is 2.28. The molecule has 0 unspecified atom stereocenters. The van der Waals surface area contributed by atoms with Gasteiger partial charge in [0.2, 0.25) is 5.91 Å². The number of thiazole rings is 1. The van der Waals surface area contributed by atoms with Gasteiger partial charge in [0, 0.05) is 19.5 Å². The van der Waals surface area contributed by atoms with Crippen LogP contribution in [0, 0.1) is 5.92 Å². The van der Waals surface area contributed by atoms with Crippen molar-refractivity contribution in [2.75, 3.05) is 33.3 Å². The van der Waals surface area contributed by atoms with E-state index in [4.69, 9.17) is 9.72 Å². The van der Waals surface area contributed by atoms with Gasteiger partial charge in [-0.05, 0) is 62.9 Å². The quantitative estimate of drug-likeness (QED) is 0.804. The van der Waals surface area contributed by atoms with Crippen LogP contribution in [0.4, 0.5) is 0 Å². The van der Waals surface area contributed by atoms with Gasteiger partial charge < -0.3 is 9.64 Å². The zero-order chi connectivity index (χ0) is 17.9. The average molecular weight is 374 g/mol. The largest absolute Gasteiger partial charge is 0.497 e. The van der Waals surface area contributed by atoms with Crippen molar-refractivity contribution in [1.29, 1.82) is 0 Å². The van der Waals surface area contributed by atoms with Crippen LogP contribution >= 0.6 is 11.3 Å². The third-order valence-corrected chi connectivity index (χ3v) is 6.61. The van der Waals surface area contributed by atoms with Gasteiger partial charge in [-0.3, -0.25) is 9.69 Å². The molecule has 6 heteroatoms. The molecule has 2 fully saturated rings. The molecular weight excluding hydrogens is 346 g/mol. The maximum Gasteiger partial charge on any atom is 0.222 e. The fourth-order valence-electron chi connectivity index (χ4n) is 4.03. The number of hydrogen-bond acceptors (Lipinski definition) is 5. The Bertz CT molecular complexity index is 768. The van der Waals surface area contributed by atoms with Gasteiger partial charge in [0.15, 0.2) is 0 Å². The Kier molecular flexibility index (Phi) is 5.41. The number of carbonyl (C=O) groups is 1. The van der Waals surface area contributed by atoms with Crippen molar-refractivity contribution in [2.24, 2.45) is 5.92 Å². The molecule has 1 amide bonds. The average Bonchev–Trinajstić information content (AvgIpc) is 3.06. The number of hydrogen-bond donors (Lipinski definition) is 0. The first kappa shape index (κ1) is 17.7. The van der Waals surface area contributed by atoms with Gasteiger partial charge in [0.25, 0.3) is 0 Å². The summed E-state index contributed by atoms with van der Waals surface area (Å²) in [6, 6.07) is 6.08. The molecule has 3 heterocycles. The topological polar surface area (TPSA) is 45.7 Å². The lowest BCUT2D eigenvalue weighted by atomic mass is 9.95. The molecule has 5 nitrogen and oxygen atoms in total. The van der Waals surface area contributed by atoms with E-state index in [2.05, 4.69) is 15.9 Å². The van der Waals surface area contributed by atoms with Gasteiger partial charge in [0.1, 0.15) is 10.8 Å². The number of ether oxygens (including phenoxy) is 1. The Hall–Kier alpha value is -1.66. The van der Waals surface area contributed by atoms with Crippen LogP contribution in [0.5, 0.6) is 5.75 Å². The number of benzene rings is 1. The number of nitrogens with zero attached hydrogens (tertiary/aromatic N) is 3. The summed E-state index contributed by atoms with van der Waals surface area (Å²) in [5, 5.41) is 1.18. The van der Waals surface area contributed by atoms with Crippen LogP contribution in [0.15, 0.2) is 18.2 Å². The second kappa shape index (κ2) is 7.92. The van der Waals surface area contributed by atoms with Crippen LogP contribution in [-0.4, -0.2) is 54.0 Å². The van der Waals surface area contributed by atoms with Crippen LogP contribution in [0.2, 0.25) is 0 Å². The van der Waals surface area contributed by atoms with Gasteiger partial charge in [0.05, 0.1) is 23.9 Å². The Labute approximate surface area is 159 Å². The van der Waals surface area contributed by atoms with Gasteiger partial charge >= 0.3 is 0 Å². The number of likely N-dealkylation sites (tertiary alicyclic amines) is 2. The predicted molar refractivity (Wildman–Crippen MR) is 105 cm³/mol. The maximum atomic E-state index is 12.0. The molecule has 2 aromatic rings. The second-order valence-corrected chi connectivity index (χ2v) is 8.57. The fourth-order valence-corrected chi connectivity index (χ4v) is 5.07. The summed E-state index contributed by atoms with van der Waals surface area (Å²) in [4.78, 5) is 21.4. The fraction of sp³-hybridized carbons (Fsp3) is 0.600. The van der Waals surface area contributed by atoms with Gasteiger partial charge in [-0.25, -0.2) is 4.98 Å². The standard InChI is InChI=1S/C20H27N3O2S/c1-25-16-5-6-17-18(12-16)26-19(21-17)14-22-10-7-15(8-11-22)13-23-9-3-2-4-20(23)24/h5-6,12,15H,2-4,7-11,13-14H2,1H3. The number of amides is 1. The molecular formula is C20H27N3O2S. The number of aromatic nitrogens is 1. The van der Waals surface area contributed by atoms with E-state index < -0.39 is 0 Å². The lowest BCUT2D eigenvalue weighted by Crippen LogP contribution is -2.42. The molecule has 2 aliphatic heterocycles. The van der Waals surface area contributed by atoms with E-state index in [0.717, 1.165) is 56.8 Å². The lowest BCUT2D eigenvalue weighted by Gasteiger charge is -2.35. The van der Waals surface area contributed by atoms with Gasteiger partial charge in [-0.2, -0.15) is 0 Å². The molecule has 4 rings (SSSR count). The molecule has 140 valence electrons. The summed E-state index contributed by atoms with van der Waals surface area (Å²) in [6.45, 7) is 5.07. The SMILES string of the molecule is COc1ccc2nc(CN3CCC(CN4CCCCC4=O)CC3)sc2c1. The minimum absolute atomic E-state index is 0.364. The van der Waals surface area contributed by atoms with Crippen LogP contribution < -0.4 is 4.74 Å². The molecule has 1 aromatic heterocycles. The highest BCUT2D eigenvalue weighted by atomic mass is 32.1. The Morgan fingerprint density at radius 3 is 2.85 bits per heavy atom. The Morgan fingerprint density at radius 2 is 2.08 bits per heavy atom. The Balaban J connectivity index is 1.30. The van der Waals surface area contributed by atoms with Crippen molar-refractivity contribution in [3.63, 3.8) is 0 Å². The van der Waals surface area contributed by atoms with E-state index in [1.54, 1.807) is 18.4 Å². The number of fused-ring (bicyclic) bond motifs is 1. The van der Waals surface area contributed by atoms with Gasteiger partial charge in [-0.15, -0.1) is 11.3 Å². The van der Waals surface area contributed by atoms with E-state index in [1.807, 2.05) is 12.1 Å². The summed E-state index contributed by atoms with van der Waals surface area (Å²) < 4.78 is 6.50. The third kappa shape index (κ3) is 4.01. The molecule has 0 radical (unpaired) electrons. The normalized spacial score (nSPS) is 20.0. The van der Waals surface area contributed by atoms with E-state index >= 15 is 0 Å². The summed E-state index contributed by atoms with van der Waals surface area (Å²) in [7, 11) is 1.70. The second-order valence-electron chi connectivity index (χ2n) is 7.46. The van der Waals surface area contributed by atoms with E-state index in [-0.39, 0.29) is 0 Å². The molecule has 0 aliphatic carbocycles. The highest BCUT2D eigenvalue weighted by Gasteiger charge is 2.25. The smallest absolute Gasteiger partial charge is 0.222 e. The minimum atomic E-state index is 0.364. The van der Waals surface area contributed by atoms with E-state index in [1.165, 1.54) is 29.0 Å². The molecule has 2 aliphatic rings. The number of methoxy groups -OCH3 is 1. The highest BCUT2D eigenvalue weighted by molar-refractivity contribution is 7.18. The summed E-state index contributed by atoms with van der Waals surface area (Å²) >= 11 is 1.76. The predicted octanol–water partition coefficient (Wildman–Crippen LogP) is 3.53. The van der Waals surface area contributed by atoms with Gasteiger partial charge in [-0.1, -0.05) is 0 Å². The zero-order valence-corrected chi connectivity index (χ0v) is 16.3. The van der Waals surface area contributed by atoms with Crippen LogP contribution in [0.1, 0.15) is 37.1 Å². The number of rotatable bonds is 5. The first-order valence-corrected chi connectivity index (χ1v) is 10.5. The van der Waals surface area contributed by atoms with Crippen molar-refractivity contribution in [3.05, 3.63) is 23.2 Å². The molecule has 0 saturated carbocycles. The van der Waals surface area contributed by atoms with Crippen molar-refractivity contribution in [2.45, 2.75) is 38.6 Å². The molecule has 26 heavy (non-hydrogen) atoms. The number of carbonyl (C=O) groups excluding carboxylic acids is 1. The molecule has 1 aromatic carbocycles. The Morgan fingerprint density at radius 1 is 1.23 bits per heavy atom. The molecule has 0 N–H and O–H groups in total. The molecule has 0 atom stereocenters. The summed E-state index contributed by atoms with van der Waals surface area (Å²) in [6.07, 6.45) is 5.36. The zero-order valence-electron chi connectivity index (χ0n) is 15.4. The lowest BCUT2D eigenvalue weighted by molar-refractivity contribution is -0.134. The van der Waals surface area contributed by atoms with Crippen LogP contribution in [0.25, 0.3) is 10.2 Å². The summed E-state index contributed by atoms with van der Waals surface area (Å²) in [5.74, 6) is 1.91. The van der Waals surface area contributed by atoms with E-state index in [9.17, 15) is 4.79 Å². The van der Waals surface area contributed by atoms with E-state index in [0.29, 0.717) is 11.8 Å². The monoisotopic (exact) mass is 373 g/mol. The first-order valence-electron chi connectivity index (χ1n) is 9.65. The van der Waals surface area contributed by atoms with Crippen LogP contribution in [-0.2, 0) is 11.3 Å². The summed E-state index contributed by atoms with van der Waals surface area (Å²) in [5.41, 5.74) is 1.06. The molecule has 0 bridgehead atoms. The maximum absolute atomic E-state index is 12.0. The van der Waals surface area contributed by atoms with Crippen molar-refractivity contribution in [1.82, 2.24) is 14.8 Å². The van der Waals surface area contributed by atoms with Crippen molar-refractivity contribution < 1.29 is 9.53 Å².